The summed E-state index contributed by atoms with van der Waals surface area (Å²) in [6.07, 6.45) is 3.03. The van der Waals surface area contributed by atoms with Crippen LogP contribution < -0.4 is 0 Å². The van der Waals surface area contributed by atoms with Gasteiger partial charge in [0.2, 0.25) is 0 Å². The van der Waals surface area contributed by atoms with Gasteiger partial charge in [0.1, 0.15) is 11.5 Å². The van der Waals surface area contributed by atoms with Crippen LogP contribution in [0.5, 0.6) is 0 Å². The van der Waals surface area contributed by atoms with Crippen LogP contribution in [0.15, 0.2) is 4.52 Å². The van der Waals surface area contributed by atoms with E-state index in [9.17, 15) is 5.11 Å². The van der Waals surface area contributed by atoms with Gasteiger partial charge in [-0.1, -0.05) is 23.7 Å². The van der Waals surface area contributed by atoms with E-state index < -0.39 is 0 Å². The lowest BCUT2D eigenvalue weighted by atomic mass is 10.1. The van der Waals surface area contributed by atoms with Crippen molar-refractivity contribution in [3.63, 3.8) is 0 Å². The number of aromatic nitrogens is 4. The van der Waals surface area contributed by atoms with E-state index in [0.29, 0.717) is 12.2 Å². The highest BCUT2D eigenvalue weighted by molar-refractivity contribution is 5.22. The Morgan fingerprint density at radius 3 is 2.68 bits per heavy atom. The molecule has 6 heteroatoms. The Labute approximate surface area is 112 Å². The first-order chi connectivity index (χ1) is 9.17. The van der Waals surface area contributed by atoms with Crippen LogP contribution in [0.25, 0.3) is 0 Å². The monoisotopic (exact) mass is 264 g/mol. The SMILES string of the molecule is CCCCc1c(CO)nnn1Cc1c(C)noc1C. The van der Waals surface area contributed by atoms with Gasteiger partial charge in [0.25, 0.3) is 0 Å². The molecule has 0 aliphatic rings. The van der Waals surface area contributed by atoms with Crippen molar-refractivity contribution in [2.75, 3.05) is 0 Å². The standard InChI is InChI=1S/C13H20N4O2/c1-4-5-6-13-12(8-18)14-16-17(13)7-11-9(2)15-19-10(11)3/h18H,4-8H2,1-3H3. The quantitative estimate of drug-likeness (QED) is 0.860. The number of hydrogen-bond donors (Lipinski definition) is 1. The van der Waals surface area contributed by atoms with E-state index in [4.69, 9.17) is 4.52 Å². The average Bonchev–Trinajstić information content (AvgIpc) is 2.94. The lowest BCUT2D eigenvalue weighted by Gasteiger charge is -2.06. The van der Waals surface area contributed by atoms with Crippen LogP contribution in [0, 0.1) is 13.8 Å². The van der Waals surface area contributed by atoms with Gasteiger partial charge in [0, 0.05) is 5.56 Å². The van der Waals surface area contributed by atoms with Crippen molar-refractivity contribution in [1.29, 1.82) is 0 Å². The van der Waals surface area contributed by atoms with E-state index in [0.717, 1.165) is 42.0 Å². The summed E-state index contributed by atoms with van der Waals surface area (Å²) in [5.41, 5.74) is 3.58. The molecule has 1 N–H and O–H groups in total. The second-order valence-corrected chi connectivity index (χ2v) is 4.70. The summed E-state index contributed by atoms with van der Waals surface area (Å²) in [6, 6.07) is 0. The third-order valence-electron chi connectivity index (χ3n) is 3.32. The zero-order valence-electron chi connectivity index (χ0n) is 11.7. The lowest BCUT2D eigenvalue weighted by Crippen LogP contribution is -2.09. The Kier molecular flexibility index (Phi) is 4.31. The number of aliphatic hydroxyl groups is 1. The van der Waals surface area contributed by atoms with Gasteiger partial charge in [-0.2, -0.15) is 0 Å². The first-order valence-corrected chi connectivity index (χ1v) is 6.61. The molecule has 0 amide bonds. The molecule has 0 saturated heterocycles. The number of unbranched alkanes of at least 4 members (excludes halogenated alkanes) is 1. The molecule has 0 fully saturated rings. The Hall–Kier alpha value is -1.69. The molecule has 2 aromatic heterocycles. The number of rotatable bonds is 6. The Balaban J connectivity index is 2.27. The van der Waals surface area contributed by atoms with Crippen molar-refractivity contribution in [3.8, 4) is 0 Å². The largest absolute Gasteiger partial charge is 0.390 e. The molecule has 2 rings (SSSR count). The molecule has 0 saturated carbocycles. The third kappa shape index (κ3) is 2.84. The molecule has 0 spiro atoms. The van der Waals surface area contributed by atoms with Crippen molar-refractivity contribution in [2.45, 2.75) is 53.2 Å². The average molecular weight is 264 g/mol. The number of nitrogens with zero attached hydrogens (tertiary/aromatic N) is 4. The summed E-state index contributed by atoms with van der Waals surface area (Å²) in [5.74, 6) is 0.806. The van der Waals surface area contributed by atoms with Crippen LogP contribution in [0.1, 0.15) is 48.2 Å². The van der Waals surface area contributed by atoms with E-state index in [1.54, 1.807) is 0 Å². The maximum atomic E-state index is 9.32. The minimum absolute atomic E-state index is 0.0688. The van der Waals surface area contributed by atoms with Gasteiger partial charge in [0.05, 0.1) is 24.5 Å². The number of hydrogen-bond acceptors (Lipinski definition) is 5. The highest BCUT2D eigenvalue weighted by Crippen LogP contribution is 2.17. The van der Waals surface area contributed by atoms with Crippen molar-refractivity contribution >= 4 is 0 Å². The topological polar surface area (TPSA) is 77.0 Å². The minimum Gasteiger partial charge on any atom is -0.390 e. The van der Waals surface area contributed by atoms with Crippen molar-refractivity contribution < 1.29 is 9.63 Å². The smallest absolute Gasteiger partial charge is 0.138 e. The highest BCUT2D eigenvalue weighted by atomic mass is 16.5. The zero-order chi connectivity index (χ0) is 13.8. The minimum atomic E-state index is -0.0688. The van der Waals surface area contributed by atoms with Gasteiger partial charge >= 0.3 is 0 Å². The molecule has 0 aliphatic carbocycles. The van der Waals surface area contributed by atoms with E-state index in [2.05, 4.69) is 22.4 Å². The van der Waals surface area contributed by atoms with Crippen molar-refractivity contribution in [3.05, 3.63) is 28.4 Å². The molecular formula is C13H20N4O2. The van der Waals surface area contributed by atoms with E-state index in [1.165, 1.54) is 0 Å². The summed E-state index contributed by atoms with van der Waals surface area (Å²) in [6.45, 7) is 6.47. The molecule has 104 valence electrons. The number of aliphatic hydroxyl groups excluding tert-OH is 1. The van der Waals surface area contributed by atoms with Crippen LogP contribution in [0.3, 0.4) is 0 Å². The maximum Gasteiger partial charge on any atom is 0.138 e. The molecule has 0 atom stereocenters. The predicted molar refractivity (Wildman–Crippen MR) is 69.6 cm³/mol. The predicted octanol–water partition coefficient (Wildman–Crippen LogP) is 1.77. The van der Waals surface area contributed by atoms with Gasteiger partial charge in [-0.25, -0.2) is 4.68 Å². The van der Waals surface area contributed by atoms with E-state index >= 15 is 0 Å². The summed E-state index contributed by atoms with van der Waals surface area (Å²) < 4.78 is 7.00. The molecule has 6 nitrogen and oxygen atoms in total. The van der Waals surface area contributed by atoms with E-state index in [1.807, 2.05) is 18.5 Å². The first kappa shape index (κ1) is 13.7. The second kappa shape index (κ2) is 5.97. The lowest BCUT2D eigenvalue weighted by molar-refractivity contribution is 0.275. The molecule has 0 unspecified atom stereocenters. The molecule has 2 heterocycles. The molecule has 0 radical (unpaired) electrons. The third-order valence-corrected chi connectivity index (χ3v) is 3.32. The molecule has 19 heavy (non-hydrogen) atoms. The van der Waals surface area contributed by atoms with Gasteiger partial charge in [-0.05, 0) is 26.7 Å². The van der Waals surface area contributed by atoms with Crippen molar-refractivity contribution in [1.82, 2.24) is 20.2 Å². The van der Waals surface area contributed by atoms with Crippen LogP contribution >= 0.6 is 0 Å². The van der Waals surface area contributed by atoms with Gasteiger partial charge in [-0.3, -0.25) is 0 Å². The summed E-state index contributed by atoms with van der Waals surface area (Å²) in [4.78, 5) is 0. The first-order valence-electron chi connectivity index (χ1n) is 6.61. The Morgan fingerprint density at radius 1 is 1.32 bits per heavy atom. The molecule has 0 aromatic carbocycles. The maximum absolute atomic E-state index is 9.32. The number of aryl methyl sites for hydroxylation is 2. The Morgan fingerprint density at radius 2 is 2.11 bits per heavy atom. The second-order valence-electron chi connectivity index (χ2n) is 4.70. The van der Waals surface area contributed by atoms with Gasteiger partial charge in [-0.15, -0.1) is 5.10 Å². The van der Waals surface area contributed by atoms with Crippen molar-refractivity contribution in [2.24, 2.45) is 0 Å². The van der Waals surface area contributed by atoms with Crippen LogP contribution in [-0.2, 0) is 19.6 Å². The summed E-state index contributed by atoms with van der Waals surface area (Å²) in [5, 5.41) is 21.4. The van der Waals surface area contributed by atoms with E-state index in [-0.39, 0.29) is 6.61 Å². The molecule has 0 aliphatic heterocycles. The molecule has 0 bridgehead atoms. The van der Waals surface area contributed by atoms with Gasteiger partial charge < -0.3 is 9.63 Å². The fourth-order valence-electron chi connectivity index (χ4n) is 2.11. The van der Waals surface area contributed by atoms with Crippen LogP contribution in [-0.4, -0.2) is 25.3 Å². The molecular weight excluding hydrogens is 244 g/mol. The Bertz CT molecular complexity index is 525. The van der Waals surface area contributed by atoms with Gasteiger partial charge in [0.15, 0.2) is 0 Å². The normalized spacial score (nSPS) is 11.2. The summed E-state index contributed by atoms with van der Waals surface area (Å²) in [7, 11) is 0. The fourth-order valence-corrected chi connectivity index (χ4v) is 2.11. The van der Waals surface area contributed by atoms with Crippen LogP contribution in [0.4, 0.5) is 0 Å². The molecule has 2 aromatic rings. The zero-order valence-corrected chi connectivity index (χ0v) is 11.7. The summed E-state index contributed by atoms with van der Waals surface area (Å²) >= 11 is 0. The van der Waals surface area contributed by atoms with Crippen LogP contribution in [0.2, 0.25) is 0 Å². The highest BCUT2D eigenvalue weighted by Gasteiger charge is 2.15. The fraction of sp³-hybridized carbons (Fsp3) is 0.615.